The van der Waals surface area contributed by atoms with Crippen LogP contribution in [-0.2, 0) is 6.54 Å². The summed E-state index contributed by atoms with van der Waals surface area (Å²) in [7, 11) is 0. The molecule has 0 aromatic carbocycles. The predicted octanol–water partition coefficient (Wildman–Crippen LogP) is 3.67. The number of halogens is 3. The molecule has 1 aromatic heterocycles. The first-order valence-electron chi connectivity index (χ1n) is 8.16. The van der Waals surface area contributed by atoms with E-state index >= 15 is 0 Å². The van der Waals surface area contributed by atoms with Crippen LogP contribution in [0.4, 0.5) is 0 Å². The van der Waals surface area contributed by atoms with Crippen molar-refractivity contribution in [3.05, 3.63) is 30.6 Å². The summed E-state index contributed by atoms with van der Waals surface area (Å²) >= 11 is 5.30. The number of rotatable bonds is 11. The van der Waals surface area contributed by atoms with Gasteiger partial charge >= 0.3 is 50.5 Å². The van der Waals surface area contributed by atoms with E-state index in [1.807, 2.05) is 0 Å². The average Bonchev–Trinajstić information content (AvgIpc) is 2.51. The number of hydrogen-bond acceptors (Lipinski definition) is 0. The Morgan fingerprint density at radius 1 is 0.714 bits per heavy atom. The molecule has 0 unspecified atom stereocenters. The van der Waals surface area contributed by atoms with Gasteiger partial charge in [-0.05, 0) is 6.42 Å². The summed E-state index contributed by atoms with van der Waals surface area (Å²) in [6, 6.07) is 6.29. The van der Waals surface area contributed by atoms with Gasteiger partial charge in [0.1, 0.15) is 6.54 Å². The molecule has 0 radical (unpaired) electrons. The molecule has 1 aromatic rings. The van der Waals surface area contributed by atoms with Crippen molar-refractivity contribution in [2.45, 2.75) is 77.7 Å². The first kappa shape index (κ1) is 22.3. The Kier molecular flexibility index (Phi) is 20.6. The molecule has 1 nitrogen and oxygen atoms in total. The van der Waals surface area contributed by atoms with E-state index in [-0.39, 0.29) is 0 Å². The van der Waals surface area contributed by atoms with Crippen LogP contribution in [0.2, 0.25) is 0 Å². The zero-order chi connectivity index (χ0) is 15.6. The number of hydrogen-bond donors (Lipinski definition) is 0. The Morgan fingerprint density at radius 2 is 1.14 bits per heavy atom. The van der Waals surface area contributed by atoms with Crippen molar-refractivity contribution >= 4 is 37.2 Å². The Morgan fingerprint density at radius 3 is 1.62 bits per heavy atom. The fourth-order valence-corrected chi connectivity index (χ4v) is 2.37. The minimum absolute atomic E-state index is 0.530. The van der Waals surface area contributed by atoms with Crippen molar-refractivity contribution in [1.29, 1.82) is 0 Å². The van der Waals surface area contributed by atoms with Crippen LogP contribution in [0.15, 0.2) is 30.6 Å². The fourth-order valence-electron chi connectivity index (χ4n) is 2.37. The van der Waals surface area contributed by atoms with E-state index in [1.54, 1.807) is 0 Å². The molecule has 0 aliphatic rings. The van der Waals surface area contributed by atoms with Crippen molar-refractivity contribution in [3.8, 4) is 0 Å². The van der Waals surface area contributed by atoms with E-state index in [9.17, 15) is 0 Å². The van der Waals surface area contributed by atoms with Crippen molar-refractivity contribution in [1.82, 2.24) is 0 Å². The van der Waals surface area contributed by atoms with Crippen LogP contribution in [-0.4, -0.2) is 0 Å². The van der Waals surface area contributed by atoms with E-state index in [1.165, 1.54) is 70.8 Å². The molecular weight excluding hydrogens is 599 g/mol. The van der Waals surface area contributed by atoms with E-state index in [2.05, 4.69) is 79.3 Å². The summed E-state index contributed by atoms with van der Waals surface area (Å²) in [6.45, 7) is 3.46. The van der Waals surface area contributed by atoms with E-state index in [0.29, 0.717) is 13.3 Å². The molecule has 0 atom stereocenters. The third-order valence-corrected chi connectivity index (χ3v) is 3.55. The Balaban J connectivity index is 0.00000122. The van der Waals surface area contributed by atoms with Gasteiger partial charge in [0.25, 0.3) is 0 Å². The van der Waals surface area contributed by atoms with Crippen LogP contribution in [0.1, 0.15) is 71.1 Å². The maximum absolute atomic E-state index is 2.39. The van der Waals surface area contributed by atoms with Gasteiger partial charge in [0.05, 0.1) is 0 Å². The van der Waals surface area contributed by atoms with Crippen LogP contribution in [0.25, 0.3) is 0 Å². The molecular formula is C17H30I3N. The van der Waals surface area contributed by atoms with Gasteiger partial charge in [0.15, 0.2) is 12.4 Å². The van der Waals surface area contributed by atoms with Gasteiger partial charge in [-0.3, -0.25) is 0 Å². The fraction of sp³-hybridized carbons (Fsp3) is 0.706. The molecule has 0 amide bonds. The first-order chi connectivity index (χ1) is 10.3. The molecule has 1 rings (SSSR count). The molecule has 124 valence electrons. The zero-order valence-corrected chi connectivity index (χ0v) is 19.7. The summed E-state index contributed by atoms with van der Waals surface area (Å²) in [6.07, 6.45) is 18.5. The van der Waals surface area contributed by atoms with Gasteiger partial charge in [-0.25, -0.2) is 4.57 Å². The summed E-state index contributed by atoms with van der Waals surface area (Å²) in [4.78, 5) is 0. The molecule has 0 aliphatic heterocycles. The monoisotopic (exact) mass is 629 g/mol. The van der Waals surface area contributed by atoms with Crippen LogP contribution < -0.4 is 17.8 Å². The van der Waals surface area contributed by atoms with Crippen molar-refractivity contribution < 1.29 is 17.8 Å². The van der Waals surface area contributed by atoms with Gasteiger partial charge in [0, 0.05) is 18.6 Å². The van der Waals surface area contributed by atoms with E-state index < -0.39 is 0 Å². The van der Waals surface area contributed by atoms with Crippen LogP contribution >= 0.6 is 37.2 Å². The Bertz CT molecular complexity index is 293. The Labute approximate surface area is 161 Å². The summed E-state index contributed by atoms with van der Waals surface area (Å²) in [5, 5.41) is 0. The summed E-state index contributed by atoms with van der Waals surface area (Å²) in [5.41, 5.74) is 0. The summed E-state index contributed by atoms with van der Waals surface area (Å²) < 4.78 is 2.28. The normalized spacial score (nSPS) is 10.2. The molecule has 0 fully saturated rings. The molecule has 1 heterocycles. The second-order valence-electron chi connectivity index (χ2n) is 5.35. The standard InChI is InChI=1S/C17H30N.I3/c1-2-3-4-5-6-7-8-9-10-12-15-18-16-13-11-14-17-18;1-3-2/h11,13-14,16-17H,2-10,12,15H2,1H3;/q+1;-1. The van der Waals surface area contributed by atoms with Gasteiger partial charge in [-0.1, -0.05) is 64.4 Å². The predicted molar refractivity (Wildman–Crippen MR) is 107 cm³/mol. The molecule has 0 saturated carbocycles. The van der Waals surface area contributed by atoms with Gasteiger partial charge < -0.3 is 0 Å². The number of nitrogens with zero attached hydrogens (tertiary/aromatic N) is 1. The molecule has 0 aliphatic carbocycles. The number of unbranched alkanes of at least 4 members (excludes halogenated alkanes) is 9. The van der Waals surface area contributed by atoms with Crippen molar-refractivity contribution in [2.75, 3.05) is 0 Å². The SMILES string of the molecule is CCCCCCCCCCCC[n+]1ccccc1.I[I-]I. The van der Waals surface area contributed by atoms with Crippen LogP contribution in [0.3, 0.4) is 0 Å². The zero-order valence-electron chi connectivity index (χ0n) is 13.2. The molecule has 0 bridgehead atoms. The third-order valence-electron chi connectivity index (χ3n) is 3.55. The third kappa shape index (κ3) is 17.5. The Hall–Kier alpha value is 1.34. The molecule has 0 saturated heterocycles. The molecule has 0 spiro atoms. The van der Waals surface area contributed by atoms with Crippen molar-refractivity contribution in [3.63, 3.8) is 0 Å². The second kappa shape index (κ2) is 19.4. The topological polar surface area (TPSA) is 3.88 Å². The number of aryl methyl sites for hydroxylation is 1. The van der Waals surface area contributed by atoms with Gasteiger partial charge in [-0.2, -0.15) is 0 Å². The van der Waals surface area contributed by atoms with E-state index in [0.717, 1.165) is 0 Å². The number of pyridine rings is 1. The quantitative estimate of drug-likeness (QED) is 0.200. The van der Waals surface area contributed by atoms with Crippen LogP contribution in [0.5, 0.6) is 0 Å². The van der Waals surface area contributed by atoms with Crippen molar-refractivity contribution in [2.24, 2.45) is 0 Å². The summed E-state index contributed by atoms with van der Waals surface area (Å²) in [5.74, 6) is 0. The van der Waals surface area contributed by atoms with Gasteiger partial charge in [0.2, 0.25) is 0 Å². The average molecular weight is 629 g/mol. The van der Waals surface area contributed by atoms with E-state index in [4.69, 9.17) is 0 Å². The molecule has 0 N–H and O–H groups in total. The van der Waals surface area contributed by atoms with Gasteiger partial charge in [-0.15, -0.1) is 0 Å². The molecule has 4 heteroatoms. The minimum atomic E-state index is 0.530. The number of aromatic nitrogens is 1. The van der Waals surface area contributed by atoms with Crippen LogP contribution in [0, 0.1) is 0 Å². The molecule has 21 heavy (non-hydrogen) atoms. The first-order valence-corrected chi connectivity index (χ1v) is 20.7. The maximum atomic E-state index is 2.39. The second-order valence-corrected chi connectivity index (χ2v) is 21.6.